The van der Waals surface area contributed by atoms with Crippen LogP contribution in [0.3, 0.4) is 0 Å². The lowest BCUT2D eigenvalue weighted by Crippen LogP contribution is -2.44. The molecule has 4 N–H and O–H groups in total. The third kappa shape index (κ3) is 6.51. The van der Waals surface area contributed by atoms with Crippen molar-refractivity contribution in [3.05, 3.63) is 78.6 Å². The number of hydrogen-bond acceptors (Lipinski definition) is 6. The van der Waals surface area contributed by atoms with Gasteiger partial charge in [0.1, 0.15) is 11.6 Å². The highest BCUT2D eigenvalue weighted by atomic mass is 32.2. The summed E-state index contributed by atoms with van der Waals surface area (Å²) in [4.78, 5) is 35.3. The van der Waals surface area contributed by atoms with Gasteiger partial charge in [-0.1, -0.05) is 38.1 Å². The van der Waals surface area contributed by atoms with Crippen molar-refractivity contribution >= 4 is 50.2 Å². The second-order valence-corrected chi connectivity index (χ2v) is 11.0. The van der Waals surface area contributed by atoms with Crippen molar-refractivity contribution in [2.24, 2.45) is 5.92 Å². The maximum atomic E-state index is 12.7. The number of nitrogens with one attached hydrogen (secondary N) is 3. The molecular weight excluding hydrogens is 522 g/mol. The lowest BCUT2D eigenvalue weighted by Gasteiger charge is -2.18. The molecule has 0 aliphatic carbocycles. The van der Waals surface area contributed by atoms with Gasteiger partial charge in [-0.15, -0.1) is 0 Å². The molecule has 0 saturated heterocycles. The molecule has 1 atom stereocenters. The van der Waals surface area contributed by atoms with Gasteiger partial charge in [0.2, 0.25) is 15.9 Å². The molecule has 1 aromatic heterocycles. The van der Waals surface area contributed by atoms with Crippen molar-refractivity contribution in [3.8, 4) is 11.1 Å². The molecule has 0 aliphatic heterocycles. The van der Waals surface area contributed by atoms with Crippen LogP contribution in [0.2, 0.25) is 0 Å². The number of carboxylic acids is 1. The number of amides is 2. The summed E-state index contributed by atoms with van der Waals surface area (Å²) in [6.45, 7) is 4.66. The average molecular weight is 550 g/mol. The van der Waals surface area contributed by atoms with Crippen LogP contribution < -0.4 is 15.4 Å². The van der Waals surface area contributed by atoms with E-state index in [1.54, 1.807) is 74.5 Å². The number of aliphatic carboxylic acids is 1. The Kier molecular flexibility index (Phi) is 7.84. The van der Waals surface area contributed by atoms with Gasteiger partial charge in [-0.25, -0.2) is 8.42 Å². The summed E-state index contributed by atoms with van der Waals surface area (Å²) in [5, 5.41) is 15.4. The Balaban J connectivity index is 1.44. The zero-order valence-corrected chi connectivity index (χ0v) is 22.2. The van der Waals surface area contributed by atoms with Gasteiger partial charge in [0.05, 0.1) is 4.90 Å². The zero-order valence-electron chi connectivity index (χ0n) is 21.4. The number of hydrogen-bond donors (Lipinski definition) is 4. The highest BCUT2D eigenvalue weighted by Crippen LogP contribution is 2.26. The molecule has 39 heavy (non-hydrogen) atoms. The second kappa shape index (κ2) is 11.1. The van der Waals surface area contributed by atoms with E-state index in [4.69, 9.17) is 4.42 Å². The summed E-state index contributed by atoms with van der Waals surface area (Å²) in [5.41, 5.74) is 3.15. The van der Waals surface area contributed by atoms with Crippen molar-refractivity contribution in [1.82, 2.24) is 4.72 Å². The summed E-state index contributed by atoms with van der Waals surface area (Å²) < 4.78 is 33.1. The van der Waals surface area contributed by atoms with E-state index in [0.717, 1.165) is 11.1 Å². The Labute approximate surface area is 225 Å². The Morgan fingerprint density at radius 2 is 1.41 bits per heavy atom. The lowest BCUT2D eigenvalue weighted by molar-refractivity contribution is -0.140. The first kappa shape index (κ1) is 27.6. The molecule has 0 fully saturated rings. The van der Waals surface area contributed by atoms with Crippen molar-refractivity contribution < 1.29 is 32.3 Å². The minimum atomic E-state index is -4.02. The van der Waals surface area contributed by atoms with Crippen LogP contribution in [0.4, 0.5) is 11.4 Å². The van der Waals surface area contributed by atoms with E-state index >= 15 is 0 Å². The second-order valence-electron chi connectivity index (χ2n) is 9.28. The maximum Gasteiger partial charge on any atom is 0.322 e. The van der Waals surface area contributed by atoms with E-state index in [-0.39, 0.29) is 16.6 Å². The fraction of sp³-hybridized carbons (Fsp3) is 0.179. The van der Waals surface area contributed by atoms with Gasteiger partial charge in [0, 0.05) is 23.7 Å². The number of furan rings is 1. The van der Waals surface area contributed by atoms with Crippen LogP contribution >= 0.6 is 0 Å². The normalized spacial score (nSPS) is 12.3. The van der Waals surface area contributed by atoms with Crippen molar-refractivity contribution in [2.45, 2.75) is 31.7 Å². The molecule has 0 unspecified atom stereocenters. The molecule has 4 rings (SSSR count). The van der Waals surface area contributed by atoms with E-state index in [9.17, 15) is 27.9 Å². The topological polar surface area (TPSA) is 155 Å². The van der Waals surface area contributed by atoms with Crippen molar-refractivity contribution in [3.63, 3.8) is 0 Å². The largest absolute Gasteiger partial charge is 0.480 e. The Morgan fingerprint density at radius 3 is 1.97 bits per heavy atom. The fourth-order valence-electron chi connectivity index (χ4n) is 3.91. The smallest absolute Gasteiger partial charge is 0.322 e. The van der Waals surface area contributed by atoms with E-state index in [2.05, 4.69) is 15.4 Å². The van der Waals surface area contributed by atoms with Gasteiger partial charge >= 0.3 is 5.97 Å². The average Bonchev–Trinajstić information content (AvgIpc) is 3.31. The Morgan fingerprint density at radius 1 is 0.821 bits per heavy atom. The van der Waals surface area contributed by atoms with Crippen molar-refractivity contribution in [2.75, 3.05) is 10.6 Å². The molecule has 2 amide bonds. The maximum absolute atomic E-state index is 12.7. The van der Waals surface area contributed by atoms with Gasteiger partial charge in [-0.2, -0.15) is 4.72 Å². The molecule has 11 heteroatoms. The SMILES string of the molecule is CC(=O)Nc1ccc2oc(C(=O)Nc3ccc(-c4ccc(S(=O)(=O)N[C@H](C(=O)O)C(C)C)cc4)cc3)cc2c1. The van der Waals surface area contributed by atoms with Gasteiger partial charge in [-0.05, 0) is 65.6 Å². The van der Waals surface area contributed by atoms with E-state index in [1.807, 2.05) is 0 Å². The number of carbonyl (C=O) groups excluding carboxylic acids is 2. The van der Waals surface area contributed by atoms with Crippen LogP contribution in [0.15, 0.2) is 82.1 Å². The van der Waals surface area contributed by atoms with Gasteiger partial charge in [0.15, 0.2) is 5.76 Å². The fourth-order valence-corrected chi connectivity index (χ4v) is 5.25. The summed E-state index contributed by atoms with van der Waals surface area (Å²) in [6, 6.07) is 18.4. The molecule has 0 saturated carbocycles. The zero-order chi connectivity index (χ0) is 28.3. The molecule has 0 spiro atoms. The van der Waals surface area contributed by atoms with Crippen LogP contribution in [0.5, 0.6) is 0 Å². The number of sulfonamides is 1. The molecule has 0 radical (unpaired) electrons. The quantitative estimate of drug-likeness (QED) is 0.236. The first-order valence-electron chi connectivity index (χ1n) is 12.0. The first-order valence-corrected chi connectivity index (χ1v) is 13.5. The molecule has 202 valence electrons. The van der Waals surface area contributed by atoms with Gasteiger partial charge in [0.25, 0.3) is 5.91 Å². The standard InChI is InChI=1S/C28H27N3O7S/c1-16(2)26(28(34)35)31-39(36,37)23-11-6-19(7-12-23)18-4-8-21(9-5-18)30-27(33)25-15-20-14-22(29-17(3)32)10-13-24(20)38-25/h4-16,26,31H,1-3H3,(H,29,32)(H,30,33)(H,34,35)/t26-/m0/s1. The van der Waals surface area contributed by atoms with Crippen LogP contribution in [-0.2, 0) is 19.6 Å². The third-order valence-electron chi connectivity index (χ3n) is 5.92. The van der Waals surface area contributed by atoms with Gasteiger partial charge in [-0.3, -0.25) is 14.4 Å². The Bertz CT molecular complexity index is 1640. The van der Waals surface area contributed by atoms with E-state index in [1.165, 1.54) is 19.1 Å². The Hall–Kier alpha value is -4.48. The summed E-state index contributed by atoms with van der Waals surface area (Å²) in [5.74, 6) is -2.20. The number of fused-ring (bicyclic) bond motifs is 1. The molecule has 3 aromatic carbocycles. The van der Waals surface area contributed by atoms with Crippen LogP contribution in [0, 0.1) is 5.92 Å². The summed E-state index contributed by atoms with van der Waals surface area (Å²) >= 11 is 0. The lowest BCUT2D eigenvalue weighted by atomic mass is 10.1. The number of carboxylic acid groups (broad SMARTS) is 1. The monoisotopic (exact) mass is 549 g/mol. The summed E-state index contributed by atoms with van der Waals surface area (Å²) in [6.07, 6.45) is 0. The van der Waals surface area contributed by atoms with Crippen molar-refractivity contribution in [1.29, 1.82) is 0 Å². The summed E-state index contributed by atoms with van der Waals surface area (Å²) in [7, 11) is -4.02. The minimum absolute atomic E-state index is 0.0444. The highest BCUT2D eigenvalue weighted by molar-refractivity contribution is 7.89. The third-order valence-corrected chi connectivity index (χ3v) is 7.37. The predicted molar refractivity (Wildman–Crippen MR) is 147 cm³/mol. The van der Waals surface area contributed by atoms with Crippen LogP contribution in [0.1, 0.15) is 31.3 Å². The van der Waals surface area contributed by atoms with Crippen LogP contribution in [-0.4, -0.2) is 37.3 Å². The number of rotatable bonds is 9. The minimum Gasteiger partial charge on any atom is -0.480 e. The van der Waals surface area contributed by atoms with E-state index < -0.39 is 33.9 Å². The number of carbonyl (C=O) groups is 3. The number of anilines is 2. The molecule has 4 aromatic rings. The van der Waals surface area contributed by atoms with E-state index in [0.29, 0.717) is 22.3 Å². The molecular formula is C28H27N3O7S. The highest BCUT2D eigenvalue weighted by Gasteiger charge is 2.28. The number of benzene rings is 3. The first-order chi connectivity index (χ1) is 18.4. The van der Waals surface area contributed by atoms with Gasteiger partial charge < -0.3 is 20.2 Å². The molecule has 1 heterocycles. The predicted octanol–water partition coefficient (Wildman–Crippen LogP) is 4.70. The van der Waals surface area contributed by atoms with Crippen LogP contribution in [0.25, 0.3) is 22.1 Å². The molecule has 0 aliphatic rings. The molecule has 0 bridgehead atoms. The molecule has 10 nitrogen and oxygen atoms in total.